The molecule has 0 unspecified atom stereocenters. The predicted octanol–water partition coefficient (Wildman–Crippen LogP) is 4.75. The summed E-state index contributed by atoms with van der Waals surface area (Å²) in [6.07, 6.45) is 0. The summed E-state index contributed by atoms with van der Waals surface area (Å²) in [7, 11) is 0. The van der Waals surface area contributed by atoms with Gasteiger partial charge < -0.3 is 0 Å². The van der Waals surface area contributed by atoms with E-state index < -0.39 is 11.6 Å². The van der Waals surface area contributed by atoms with E-state index in [0.29, 0.717) is 15.4 Å². The van der Waals surface area contributed by atoms with E-state index in [2.05, 4.69) is 15.9 Å². The van der Waals surface area contributed by atoms with Crippen LogP contribution in [0.4, 0.5) is 8.78 Å². The molecule has 18 heavy (non-hydrogen) atoms. The van der Waals surface area contributed by atoms with Crippen molar-refractivity contribution in [1.82, 2.24) is 0 Å². The van der Waals surface area contributed by atoms with Crippen LogP contribution < -0.4 is 0 Å². The van der Waals surface area contributed by atoms with Gasteiger partial charge in [0.05, 0.1) is 11.6 Å². The lowest BCUT2D eigenvalue weighted by Crippen LogP contribution is -1.84. The van der Waals surface area contributed by atoms with Crippen molar-refractivity contribution in [2.45, 2.75) is 9.79 Å². The van der Waals surface area contributed by atoms with Gasteiger partial charge in [0.15, 0.2) is 0 Å². The monoisotopic (exact) mass is 325 g/mol. The molecule has 0 saturated carbocycles. The van der Waals surface area contributed by atoms with E-state index in [9.17, 15) is 8.78 Å². The van der Waals surface area contributed by atoms with Crippen LogP contribution in [0.2, 0.25) is 0 Å². The zero-order chi connectivity index (χ0) is 13.1. The highest BCUT2D eigenvalue weighted by molar-refractivity contribution is 9.10. The molecule has 0 spiro atoms. The van der Waals surface area contributed by atoms with Gasteiger partial charge >= 0.3 is 0 Å². The molecular formula is C13H6BrF2NS. The zero-order valence-corrected chi connectivity index (χ0v) is 11.4. The molecule has 2 aromatic carbocycles. The summed E-state index contributed by atoms with van der Waals surface area (Å²) in [5.74, 6) is -1.22. The lowest BCUT2D eigenvalue weighted by molar-refractivity contribution is 0.565. The Morgan fingerprint density at radius 2 is 1.89 bits per heavy atom. The molecule has 0 N–H and O–H groups in total. The maximum absolute atomic E-state index is 13.5. The molecule has 90 valence electrons. The van der Waals surface area contributed by atoms with Crippen molar-refractivity contribution in [1.29, 1.82) is 5.26 Å². The van der Waals surface area contributed by atoms with Crippen molar-refractivity contribution in [3.8, 4) is 6.07 Å². The lowest BCUT2D eigenvalue weighted by Gasteiger charge is -2.04. The van der Waals surface area contributed by atoms with Crippen LogP contribution in [-0.4, -0.2) is 0 Å². The first-order valence-corrected chi connectivity index (χ1v) is 6.53. The predicted molar refractivity (Wildman–Crippen MR) is 69.3 cm³/mol. The van der Waals surface area contributed by atoms with E-state index in [4.69, 9.17) is 5.26 Å². The first kappa shape index (κ1) is 13.1. The zero-order valence-electron chi connectivity index (χ0n) is 8.95. The molecule has 0 atom stereocenters. The van der Waals surface area contributed by atoms with Gasteiger partial charge in [-0.25, -0.2) is 8.78 Å². The summed E-state index contributed by atoms with van der Waals surface area (Å²) in [6, 6.07) is 10.5. The molecule has 0 aliphatic rings. The molecule has 0 amide bonds. The lowest BCUT2D eigenvalue weighted by atomic mass is 10.2. The molecular weight excluding hydrogens is 320 g/mol. The maximum atomic E-state index is 13.5. The van der Waals surface area contributed by atoms with Crippen LogP contribution in [0.3, 0.4) is 0 Å². The molecule has 0 aliphatic carbocycles. The second kappa shape index (κ2) is 5.51. The largest absolute Gasteiger partial charge is 0.207 e. The Bertz CT molecular complexity index is 637. The Balaban J connectivity index is 2.34. The quantitative estimate of drug-likeness (QED) is 0.795. The number of hydrogen-bond acceptors (Lipinski definition) is 2. The molecule has 0 aromatic heterocycles. The first-order chi connectivity index (χ1) is 8.58. The van der Waals surface area contributed by atoms with Gasteiger partial charge in [0.1, 0.15) is 11.6 Å². The molecule has 5 heteroatoms. The van der Waals surface area contributed by atoms with Crippen LogP contribution in [0.1, 0.15) is 5.56 Å². The van der Waals surface area contributed by atoms with Gasteiger partial charge in [-0.1, -0.05) is 27.7 Å². The minimum atomic E-state index is -0.613. The third-order valence-corrected chi connectivity index (χ3v) is 3.60. The van der Waals surface area contributed by atoms with Crippen LogP contribution in [0.5, 0.6) is 0 Å². The van der Waals surface area contributed by atoms with Crippen molar-refractivity contribution in [3.05, 3.63) is 58.1 Å². The van der Waals surface area contributed by atoms with Crippen LogP contribution >= 0.6 is 27.7 Å². The normalized spacial score (nSPS) is 10.1. The summed E-state index contributed by atoms with van der Waals surface area (Å²) < 4.78 is 27.0. The third kappa shape index (κ3) is 3.09. The Labute approximate surface area is 116 Å². The highest BCUT2D eigenvalue weighted by Crippen LogP contribution is 2.32. The molecule has 2 aromatic rings. The fourth-order valence-corrected chi connectivity index (χ4v) is 2.93. The van der Waals surface area contributed by atoms with E-state index in [-0.39, 0.29) is 0 Å². The van der Waals surface area contributed by atoms with E-state index >= 15 is 0 Å². The summed E-state index contributed by atoms with van der Waals surface area (Å²) in [4.78, 5) is 1.03. The third-order valence-electron chi connectivity index (χ3n) is 2.12. The fourth-order valence-electron chi connectivity index (χ4n) is 1.37. The van der Waals surface area contributed by atoms with Crippen LogP contribution in [0, 0.1) is 23.0 Å². The molecule has 0 saturated heterocycles. The molecule has 0 bridgehead atoms. The number of rotatable bonds is 2. The topological polar surface area (TPSA) is 23.8 Å². The van der Waals surface area contributed by atoms with Gasteiger partial charge in [0, 0.05) is 20.3 Å². The first-order valence-electron chi connectivity index (χ1n) is 4.92. The van der Waals surface area contributed by atoms with E-state index in [1.54, 1.807) is 18.2 Å². The molecule has 1 nitrogen and oxygen atoms in total. The summed E-state index contributed by atoms with van der Waals surface area (Å²) in [6.45, 7) is 0. The smallest absolute Gasteiger partial charge is 0.140 e. The van der Waals surface area contributed by atoms with Gasteiger partial charge in [-0.15, -0.1) is 0 Å². The van der Waals surface area contributed by atoms with Crippen LogP contribution in [0.25, 0.3) is 0 Å². The number of nitriles is 1. The number of benzene rings is 2. The SMILES string of the molecule is N#Cc1cc(Br)cc(Sc2ccc(F)cc2F)c1. The average Bonchev–Trinajstić information content (AvgIpc) is 2.32. The Hall–Kier alpha value is -1.38. The van der Waals surface area contributed by atoms with Crippen molar-refractivity contribution in [3.63, 3.8) is 0 Å². The highest BCUT2D eigenvalue weighted by Gasteiger charge is 2.07. The Kier molecular flexibility index (Phi) is 4.00. The summed E-state index contributed by atoms with van der Waals surface area (Å²) in [5, 5.41) is 8.84. The Morgan fingerprint density at radius 1 is 1.11 bits per heavy atom. The van der Waals surface area contributed by atoms with Crippen molar-refractivity contribution < 1.29 is 8.78 Å². The average molecular weight is 326 g/mol. The second-order valence-electron chi connectivity index (χ2n) is 3.46. The highest BCUT2D eigenvalue weighted by atomic mass is 79.9. The molecule has 0 aliphatic heterocycles. The summed E-state index contributed by atoms with van der Waals surface area (Å²) >= 11 is 4.42. The van der Waals surface area contributed by atoms with Crippen LogP contribution in [-0.2, 0) is 0 Å². The standard InChI is InChI=1S/C13H6BrF2NS/c14-9-3-8(7-17)4-11(5-9)18-13-2-1-10(15)6-12(13)16/h1-6H. The number of halogens is 3. The minimum Gasteiger partial charge on any atom is -0.207 e. The van der Waals surface area contributed by atoms with Gasteiger partial charge in [-0.05, 0) is 30.3 Å². The number of hydrogen-bond donors (Lipinski definition) is 0. The van der Waals surface area contributed by atoms with Gasteiger partial charge in [0.2, 0.25) is 0 Å². The van der Waals surface area contributed by atoms with Crippen molar-refractivity contribution >= 4 is 27.7 Å². The molecule has 0 heterocycles. The van der Waals surface area contributed by atoms with Gasteiger partial charge in [0.25, 0.3) is 0 Å². The van der Waals surface area contributed by atoms with Crippen LogP contribution in [0.15, 0.2) is 50.7 Å². The molecule has 0 fully saturated rings. The molecule has 2 rings (SSSR count). The maximum Gasteiger partial charge on any atom is 0.140 e. The van der Waals surface area contributed by atoms with E-state index in [0.717, 1.165) is 22.3 Å². The van der Waals surface area contributed by atoms with Crippen molar-refractivity contribution in [2.24, 2.45) is 0 Å². The number of nitrogens with zero attached hydrogens (tertiary/aromatic N) is 1. The molecule has 0 radical (unpaired) electrons. The summed E-state index contributed by atoms with van der Waals surface area (Å²) in [5.41, 5.74) is 0.481. The van der Waals surface area contributed by atoms with E-state index in [1.165, 1.54) is 12.1 Å². The minimum absolute atomic E-state index is 0.318. The fraction of sp³-hybridized carbons (Fsp3) is 0. The Morgan fingerprint density at radius 3 is 2.56 bits per heavy atom. The second-order valence-corrected chi connectivity index (χ2v) is 5.50. The van der Waals surface area contributed by atoms with Gasteiger partial charge in [-0.3, -0.25) is 0 Å². The van der Waals surface area contributed by atoms with E-state index in [1.807, 2.05) is 6.07 Å². The van der Waals surface area contributed by atoms with Gasteiger partial charge in [-0.2, -0.15) is 5.26 Å². The van der Waals surface area contributed by atoms with Crippen molar-refractivity contribution in [2.75, 3.05) is 0 Å².